The number of sulfone groups is 1. The number of nitrogens with one attached hydrogen (secondary N) is 3. The van der Waals surface area contributed by atoms with Gasteiger partial charge in [-0.15, -0.1) is 11.3 Å². The maximum atomic E-state index is 13.6. The van der Waals surface area contributed by atoms with Crippen LogP contribution < -0.4 is 16.1 Å². The molecule has 2 saturated heterocycles. The predicted molar refractivity (Wildman–Crippen MR) is 173 cm³/mol. The molecule has 0 bridgehead atoms. The van der Waals surface area contributed by atoms with Gasteiger partial charge in [-0.2, -0.15) is 0 Å². The normalized spacial score (nSPS) is 21.4. The second-order valence-electron chi connectivity index (χ2n) is 11.2. The Morgan fingerprint density at radius 3 is 2.61 bits per heavy atom. The molecule has 6 rings (SSSR count). The highest BCUT2D eigenvalue weighted by molar-refractivity contribution is 7.92. The van der Waals surface area contributed by atoms with Gasteiger partial charge in [-0.3, -0.25) is 4.79 Å². The molecule has 2 aliphatic heterocycles. The average molecular weight is 634 g/mol. The van der Waals surface area contributed by atoms with Gasteiger partial charge in [0.05, 0.1) is 17.9 Å². The monoisotopic (exact) mass is 633 g/mol. The van der Waals surface area contributed by atoms with Crippen molar-refractivity contribution in [1.29, 1.82) is 0 Å². The highest BCUT2D eigenvalue weighted by Crippen LogP contribution is 2.47. The Labute approximate surface area is 260 Å². The minimum Gasteiger partial charge on any atom is -0.350 e. The van der Waals surface area contributed by atoms with Crippen LogP contribution in [0.5, 0.6) is 0 Å². The number of amides is 3. The first-order chi connectivity index (χ1) is 21.3. The van der Waals surface area contributed by atoms with Crippen molar-refractivity contribution in [2.45, 2.75) is 56.0 Å². The molecular formula is C33H35N3O6S2. The molecule has 0 radical (unpaired) electrons. The molecule has 2 aliphatic rings. The predicted octanol–water partition coefficient (Wildman–Crippen LogP) is 6.97. The van der Waals surface area contributed by atoms with Crippen LogP contribution in [0.3, 0.4) is 0 Å². The van der Waals surface area contributed by atoms with Crippen LogP contribution in [0.2, 0.25) is 0 Å². The number of benzene rings is 3. The lowest BCUT2D eigenvalue weighted by Crippen LogP contribution is -2.45. The van der Waals surface area contributed by atoms with E-state index in [2.05, 4.69) is 16.1 Å². The van der Waals surface area contributed by atoms with Crippen molar-refractivity contribution >= 4 is 55.3 Å². The summed E-state index contributed by atoms with van der Waals surface area (Å²) < 4.78 is 31.4. The zero-order valence-corrected chi connectivity index (χ0v) is 25.8. The van der Waals surface area contributed by atoms with Gasteiger partial charge in [-0.25, -0.2) is 23.5 Å². The number of hydrogen-bond acceptors (Lipinski definition) is 7. The third kappa shape index (κ3) is 6.51. The van der Waals surface area contributed by atoms with E-state index < -0.39 is 26.8 Å². The highest BCUT2D eigenvalue weighted by atomic mass is 32.2. The molecule has 44 heavy (non-hydrogen) atoms. The molecule has 3 amide bonds. The van der Waals surface area contributed by atoms with Crippen LogP contribution >= 0.6 is 11.3 Å². The summed E-state index contributed by atoms with van der Waals surface area (Å²) in [6.45, 7) is 0.572. The van der Waals surface area contributed by atoms with Gasteiger partial charge in [0.2, 0.25) is 5.91 Å². The maximum absolute atomic E-state index is 13.6. The first kappa shape index (κ1) is 30.3. The molecule has 3 N–H and O–H groups in total. The number of urea groups is 1. The van der Waals surface area contributed by atoms with Crippen LogP contribution in [-0.4, -0.2) is 39.0 Å². The summed E-state index contributed by atoms with van der Waals surface area (Å²) in [5.74, 6) is -0.450. The minimum atomic E-state index is -3.62. The van der Waals surface area contributed by atoms with E-state index in [9.17, 15) is 18.0 Å². The Hall–Kier alpha value is -3.77. The number of ether oxygens (including phenoxy) is 1. The first-order valence-corrected chi connectivity index (χ1v) is 17.3. The van der Waals surface area contributed by atoms with Crippen molar-refractivity contribution in [2.24, 2.45) is 0 Å². The van der Waals surface area contributed by atoms with Crippen molar-refractivity contribution in [3.05, 3.63) is 83.7 Å². The number of thiophene rings is 1. The summed E-state index contributed by atoms with van der Waals surface area (Å²) >= 11 is 1.36. The molecule has 3 heterocycles. The Balaban J connectivity index is 1.19. The van der Waals surface area contributed by atoms with E-state index in [1.165, 1.54) is 11.3 Å². The fourth-order valence-corrected chi connectivity index (χ4v) is 9.73. The summed E-state index contributed by atoms with van der Waals surface area (Å²) in [4.78, 5) is 32.9. The minimum absolute atomic E-state index is 0.0331. The zero-order chi connectivity index (χ0) is 30.6. The third-order valence-electron chi connectivity index (χ3n) is 8.23. The van der Waals surface area contributed by atoms with E-state index in [4.69, 9.17) is 9.57 Å². The molecule has 4 aromatic rings. The van der Waals surface area contributed by atoms with Gasteiger partial charge in [0, 0.05) is 33.9 Å². The molecular weight excluding hydrogens is 599 g/mol. The summed E-state index contributed by atoms with van der Waals surface area (Å²) in [6.07, 6.45) is 3.47. The van der Waals surface area contributed by atoms with Gasteiger partial charge in [0.15, 0.2) is 16.1 Å². The largest absolute Gasteiger partial charge is 0.350 e. The van der Waals surface area contributed by atoms with Crippen molar-refractivity contribution in [3.8, 4) is 10.4 Å². The quantitative estimate of drug-likeness (QED) is 0.180. The Morgan fingerprint density at radius 2 is 1.77 bits per heavy atom. The molecule has 0 aliphatic carbocycles. The third-order valence-corrected chi connectivity index (χ3v) is 12.3. The van der Waals surface area contributed by atoms with Crippen LogP contribution in [0, 0.1) is 0 Å². The number of carbonyl (C=O) groups excluding carboxylic acids is 2. The van der Waals surface area contributed by atoms with Crippen molar-refractivity contribution in [3.63, 3.8) is 0 Å². The van der Waals surface area contributed by atoms with Gasteiger partial charge in [0.1, 0.15) is 4.75 Å². The van der Waals surface area contributed by atoms with Crippen LogP contribution in [0.1, 0.15) is 49.8 Å². The molecule has 1 aromatic heterocycles. The van der Waals surface area contributed by atoms with E-state index in [-0.39, 0.29) is 18.2 Å². The van der Waals surface area contributed by atoms with Crippen LogP contribution in [0.25, 0.3) is 21.2 Å². The van der Waals surface area contributed by atoms with Crippen molar-refractivity contribution in [2.75, 3.05) is 23.0 Å². The standard InChI is InChI=1S/C33H35N3O6S2/c37-30(36-42-31-15-3-5-19-41-31)22-33(18-4-6-20-44(33,39)40)29-17-16-28(43-29)24-11-7-12-25(21-24)34-32(38)35-27-14-8-10-23-9-1-2-13-26(23)27/h1-2,7-14,16-17,21,31H,3-6,15,18-20,22H2,(H,36,37)(H2,34,35,38)/t31?,33-/m0/s1. The number of hydrogen-bond donors (Lipinski definition) is 3. The Kier molecular flexibility index (Phi) is 8.99. The molecule has 230 valence electrons. The molecule has 9 nitrogen and oxygen atoms in total. The molecule has 0 saturated carbocycles. The van der Waals surface area contributed by atoms with E-state index in [1.807, 2.05) is 72.8 Å². The summed E-state index contributed by atoms with van der Waals surface area (Å²) in [5.41, 5.74) is 4.58. The van der Waals surface area contributed by atoms with E-state index in [0.717, 1.165) is 34.1 Å². The Bertz CT molecular complexity index is 1760. The summed E-state index contributed by atoms with van der Waals surface area (Å²) in [7, 11) is -3.62. The van der Waals surface area contributed by atoms with E-state index >= 15 is 0 Å². The topological polar surface area (TPSA) is 123 Å². The number of anilines is 2. The highest BCUT2D eigenvalue weighted by Gasteiger charge is 2.49. The van der Waals surface area contributed by atoms with Gasteiger partial charge >= 0.3 is 6.03 Å². The van der Waals surface area contributed by atoms with Crippen molar-refractivity contribution in [1.82, 2.24) is 5.48 Å². The Morgan fingerprint density at radius 1 is 0.932 bits per heavy atom. The van der Waals surface area contributed by atoms with Gasteiger partial charge in [0.25, 0.3) is 0 Å². The number of hydroxylamine groups is 1. The van der Waals surface area contributed by atoms with E-state index in [0.29, 0.717) is 48.5 Å². The van der Waals surface area contributed by atoms with Gasteiger partial charge in [-0.05, 0) is 67.0 Å². The smallest absolute Gasteiger partial charge is 0.323 e. The van der Waals surface area contributed by atoms with Crippen LogP contribution in [0.4, 0.5) is 16.2 Å². The number of rotatable bonds is 8. The lowest BCUT2D eigenvalue weighted by molar-refractivity contribution is -0.200. The molecule has 2 atom stereocenters. The van der Waals surface area contributed by atoms with Gasteiger partial charge in [-0.1, -0.05) is 55.0 Å². The van der Waals surface area contributed by atoms with Crippen LogP contribution in [-0.2, 0) is 29.0 Å². The van der Waals surface area contributed by atoms with E-state index in [1.54, 1.807) is 6.07 Å². The lowest BCUT2D eigenvalue weighted by atomic mass is 9.94. The fraction of sp³-hybridized carbons (Fsp3) is 0.333. The molecule has 0 spiro atoms. The van der Waals surface area contributed by atoms with Gasteiger partial charge < -0.3 is 15.4 Å². The summed E-state index contributed by atoms with van der Waals surface area (Å²) in [5, 5.41) is 7.81. The SMILES string of the molecule is O=C(C[C@]1(c2ccc(-c3cccc(NC(=O)Nc4cccc5ccccc45)c3)s2)CCCCS1(=O)=O)NOC1CCCCO1. The summed E-state index contributed by atoms with van der Waals surface area (Å²) in [6, 6.07) is 24.3. The van der Waals surface area contributed by atoms with Crippen molar-refractivity contribution < 1.29 is 27.6 Å². The second-order valence-corrected chi connectivity index (χ2v) is 14.7. The average Bonchev–Trinajstić information content (AvgIpc) is 3.53. The molecule has 1 unspecified atom stereocenters. The number of fused-ring (bicyclic) bond motifs is 1. The first-order valence-electron chi connectivity index (χ1n) is 14.9. The fourth-order valence-electron chi connectivity index (χ4n) is 5.95. The number of carbonyl (C=O) groups is 2. The molecule has 3 aromatic carbocycles. The zero-order valence-electron chi connectivity index (χ0n) is 24.2. The molecule has 2 fully saturated rings. The lowest BCUT2D eigenvalue weighted by Gasteiger charge is -2.35. The second kappa shape index (κ2) is 13.1. The maximum Gasteiger partial charge on any atom is 0.323 e. The molecule has 11 heteroatoms. The van der Waals surface area contributed by atoms with Crippen LogP contribution in [0.15, 0.2) is 78.9 Å².